The fourth-order valence-electron chi connectivity index (χ4n) is 10.3. The van der Waals surface area contributed by atoms with Gasteiger partial charge in [0.25, 0.3) is 0 Å². The Morgan fingerprint density at radius 3 is 2.29 bits per heavy atom. The van der Waals surface area contributed by atoms with E-state index in [4.69, 9.17) is 5.10 Å². The van der Waals surface area contributed by atoms with Crippen LogP contribution in [0, 0.1) is 52.3 Å². The Morgan fingerprint density at radius 1 is 0.842 bits per heavy atom. The van der Waals surface area contributed by atoms with Crippen LogP contribution in [0.5, 0.6) is 0 Å². The molecular formula is C36H58N2. The molecule has 38 heavy (non-hydrogen) atoms. The molecule has 0 bridgehead atoms. The number of anilines is 1. The Hall–Kier alpha value is -1.31. The third-order valence-electron chi connectivity index (χ3n) is 12.6. The van der Waals surface area contributed by atoms with E-state index < -0.39 is 0 Å². The molecule has 1 aromatic carbocycles. The number of nitrogens with zero attached hydrogens (tertiary/aromatic N) is 1. The van der Waals surface area contributed by atoms with Gasteiger partial charge in [-0.25, -0.2) is 0 Å². The highest BCUT2D eigenvalue weighted by Crippen LogP contribution is 2.68. The number of fused-ring (bicyclic) bond motifs is 5. The summed E-state index contributed by atoms with van der Waals surface area (Å²) in [7, 11) is 0. The number of benzene rings is 1. The van der Waals surface area contributed by atoms with E-state index in [2.05, 4.69) is 78.2 Å². The molecule has 5 rings (SSSR count). The maximum atomic E-state index is 4.95. The highest BCUT2D eigenvalue weighted by atomic mass is 15.3. The van der Waals surface area contributed by atoms with Gasteiger partial charge in [0.05, 0.1) is 5.69 Å². The first-order valence-corrected chi connectivity index (χ1v) is 16.5. The molecule has 1 N–H and O–H groups in total. The zero-order chi connectivity index (χ0) is 27.1. The van der Waals surface area contributed by atoms with E-state index in [0.717, 1.165) is 47.1 Å². The summed E-state index contributed by atoms with van der Waals surface area (Å²) in [4.78, 5) is 0. The van der Waals surface area contributed by atoms with Crippen LogP contribution in [0.15, 0.2) is 29.4 Å². The highest BCUT2D eigenvalue weighted by Gasteiger charge is 2.60. The average molecular weight is 519 g/mol. The van der Waals surface area contributed by atoms with E-state index in [9.17, 15) is 0 Å². The van der Waals surface area contributed by atoms with Gasteiger partial charge in [-0.1, -0.05) is 79.9 Å². The third kappa shape index (κ3) is 5.36. The summed E-state index contributed by atoms with van der Waals surface area (Å²) in [6, 6.07) is 8.86. The summed E-state index contributed by atoms with van der Waals surface area (Å²) >= 11 is 0. The summed E-state index contributed by atoms with van der Waals surface area (Å²) in [5.41, 5.74) is 8.48. The van der Waals surface area contributed by atoms with Crippen molar-refractivity contribution in [1.82, 2.24) is 0 Å². The van der Waals surface area contributed by atoms with Gasteiger partial charge in [-0.05, 0) is 134 Å². The molecule has 0 amide bonds. The minimum atomic E-state index is 0.531. The van der Waals surface area contributed by atoms with Crippen LogP contribution in [-0.4, -0.2) is 5.71 Å². The van der Waals surface area contributed by atoms with E-state index in [1.54, 1.807) is 0 Å². The summed E-state index contributed by atoms with van der Waals surface area (Å²) in [6.07, 6.45) is 17.0. The zero-order valence-electron chi connectivity index (χ0n) is 25.9. The normalized spacial score (nSPS) is 38.7. The van der Waals surface area contributed by atoms with Crippen LogP contribution in [0.25, 0.3) is 0 Å². The Morgan fingerprint density at radius 2 is 1.58 bits per heavy atom. The van der Waals surface area contributed by atoms with E-state index in [-0.39, 0.29) is 0 Å². The van der Waals surface area contributed by atoms with Crippen molar-refractivity contribution in [3.63, 3.8) is 0 Å². The van der Waals surface area contributed by atoms with Gasteiger partial charge in [-0.15, -0.1) is 0 Å². The lowest BCUT2D eigenvalue weighted by atomic mass is 9.44. The fraction of sp³-hybridized carbons (Fsp3) is 0.806. The van der Waals surface area contributed by atoms with Gasteiger partial charge in [0, 0.05) is 5.71 Å². The molecule has 2 heteroatoms. The molecule has 0 aliphatic heterocycles. The zero-order valence-corrected chi connectivity index (χ0v) is 25.9. The van der Waals surface area contributed by atoms with Crippen LogP contribution in [-0.2, 0) is 0 Å². The summed E-state index contributed by atoms with van der Waals surface area (Å²) in [5, 5.41) is 4.95. The predicted molar refractivity (Wildman–Crippen MR) is 165 cm³/mol. The predicted octanol–water partition coefficient (Wildman–Crippen LogP) is 10.7. The van der Waals surface area contributed by atoms with Gasteiger partial charge in [0.2, 0.25) is 0 Å². The molecule has 0 spiro atoms. The number of hydrazone groups is 1. The number of rotatable bonds is 8. The van der Waals surface area contributed by atoms with Crippen LogP contribution in [0.1, 0.15) is 137 Å². The molecule has 4 aliphatic carbocycles. The molecule has 4 fully saturated rings. The SMILES string of the molecule is CC(C)CCC[C@@H](C)[C@H]1CC[C@H]2[C@H]3CC[C@H]4C/C(=N\Nc5ccc(C(C)C)cc5)CC[C@]4(C)[C@H]3CC[C@]12C. The van der Waals surface area contributed by atoms with Crippen LogP contribution in [0.4, 0.5) is 5.69 Å². The van der Waals surface area contributed by atoms with Gasteiger partial charge in [-0.2, -0.15) is 5.10 Å². The maximum absolute atomic E-state index is 4.95. The van der Waals surface area contributed by atoms with Crippen molar-refractivity contribution in [1.29, 1.82) is 0 Å². The molecule has 0 radical (unpaired) electrons. The Labute approximate surface area is 235 Å². The van der Waals surface area contributed by atoms with Crippen molar-refractivity contribution in [2.24, 2.45) is 57.4 Å². The van der Waals surface area contributed by atoms with E-state index in [0.29, 0.717) is 16.7 Å². The molecule has 1 aromatic rings. The van der Waals surface area contributed by atoms with Gasteiger partial charge < -0.3 is 0 Å². The summed E-state index contributed by atoms with van der Waals surface area (Å²) in [6.45, 7) is 17.3. The minimum absolute atomic E-state index is 0.531. The molecule has 0 unspecified atom stereocenters. The van der Waals surface area contributed by atoms with Gasteiger partial charge in [0.1, 0.15) is 0 Å². The number of hydrogen-bond donors (Lipinski definition) is 1. The van der Waals surface area contributed by atoms with Crippen LogP contribution >= 0.6 is 0 Å². The first-order valence-electron chi connectivity index (χ1n) is 16.5. The van der Waals surface area contributed by atoms with Crippen molar-refractivity contribution in [3.05, 3.63) is 29.8 Å². The molecule has 4 aliphatic rings. The van der Waals surface area contributed by atoms with E-state index in [1.807, 2.05) is 0 Å². The highest BCUT2D eigenvalue weighted by molar-refractivity contribution is 5.86. The number of hydrogen-bond acceptors (Lipinski definition) is 2. The Balaban J connectivity index is 1.21. The quantitative estimate of drug-likeness (QED) is 0.340. The minimum Gasteiger partial charge on any atom is -0.279 e. The first kappa shape index (κ1) is 28.2. The molecule has 2 nitrogen and oxygen atoms in total. The maximum Gasteiger partial charge on any atom is 0.0561 e. The van der Waals surface area contributed by atoms with Crippen LogP contribution in [0.3, 0.4) is 0 Å². The van der Waals surface area contributed by atoms with Crippen molar-refractivity contribution < 1.29 is 0 Å². The average Bonchev–Trinajstić information content (AvgIpc) is 3.24. The monoisotopic (exact) mass is 518 g/mol. The lowest BCUT2D eigenvalue weighted by Crippen LogP contribution is -2.53. The molecule has 0 saturated heterocycles. The molecule has 0 heterocycles. The first-order chi connectivity index (χ1) is 18.1. The summed E-state index contributed by atoms with van der Waals surface area (Å²) in [5.74, 6) is 7.07. The molecule has 4 saturated carbocycles. The van der Waals surface area contributed by atoms with Crippen molar-refractivity contribution in [2.45, 2.75) is 131 Å². The van der Waals surface area contributed by atoms with Crippen LogP contribution in [0.2, 0.25) is 0 Å². The standard InChI is InChI=1S/C36H58N2/c1-24(2)9-8-10-26(5)32-17-18-33-31-16-13-28-23-30(38-37-29-14-11-27(12-15-29)25(3)4)19-21-35(28,6)34(31)20-22-36(32,33)7/h11-12,14-15,24-26,28,31-34,37H,8-10,13,16-23H2,1-7H3/b38-30-/t26-,28+,31-,32-,33+,34+,35+,36-/m1/s1. The van der Waals surface area contributed by atoms with Crippen molar-refractivity contribution >= 4 is 11.4 Å². The molecule has 8 atom stereocenters. The fourth-order valence-corrected chi connectivity index (χ4v) is 10.3. The van der Waals surface area contributed by atoms with Crippen LogP contribution < -0.4 is 5.43 Å². The van der Waals surface area contributed by atoms with E-state index >= 15 is 0 Å². The topological polar surface area (TPSA) is 24.4 Å². The Kier molecular flexibility index (Phi) is 8.38. The Bertz CT molecular complexity index is 960. The summed E-state index contributed by atoms with van der Waals surface area (Å²) < 4.78 is 0. The van der Waals surface area contributed by atoms with Gasteiger partial charge in [0.15, 0.2) is 0 Å². The second-order valence-electron chi connectivity index (χ2n) is 15.5. The van der Waals surface area contributed by atoms with E-state index in [1.165, 1.54) is 88.3 Å². The van der Waals surface area contributed by atoms with Gasteiger partial charge >= 0.3 is 0 Å². The lowest BCUT2D eigenvalue weighted by molar-refractivity contribution is -0.105. The molecule has 212 valence electrons. The smallest absolute Gasteiger partial charge is 0.0561 e. The molecule has 0 aromatic heterocycles. The second kappa shape index (κ2) is 11.3. The lowest BCUT2D eigenvalue weighted by Gasteiger charge is -2.61. The largest absolute Gasteiger partial charge is 0.279 e. The second-order valence-corrected chi connectivity index (χ2v) is 15.5. The van der Waals surface area contributed by atoms with Crippen molar-refractivity contribution in [3.8, 4) is 0 Å². The van der Waals surface area contributed by atoms with Crippen molar-refractivity contribution in [2.75, 3.05) is 5.43 Å². The third-order valence-corrected chi connectivity index (χ3v) is 12.6. The number of nitrogens with one attached hydrogen (secondary N) is 1. The van der Waals surface area contributed by atoms with Gasteiger partial charge in [-0.3, -0.25) is 5.43 Å². The molecular weight excluding hydrogens is 460 g/mol.